The van der Waals surface area contributed by atoms with Gasteiger partial charge in [0.15, 0.2) is 0 Å². The van der Waals surface area contributed by atoms with Crippen molar-refractivity contribution >= 4 is 0 Å². The molecule has 3 atom stereocenters. The summed E-state index contributed by atoms with van der Waals surface area (Å²) in [5.41, 5.74) is 0.297. The molecule has 2 rings (SSSR count). The van der Waals surface area contributed by atoms with Gasteiger partial charge in [0.25, 0.3) is 0 Å². The van der Waals surface area contributed by atoms with Gasteiger partial charge in [0.1, 0.15) is 0 Å². The molecule has 3 unspecified atom stereocenters. The summed E-state index contributed by atoms with van der Waals surface area (Å²) in [6.45, 7) is 11.3. The lowest BCUT2D eigenvalue weighted by Crippen LogP contribution is -2.61. The summed E-state index contributed by atoms with van der Waals surface area (Å²) >= 11 is 0. The van der Waals surface area contributed by atoms with E-state index >= 15 is 0 Å². The molecule has 0 bridgehead atoms. The second kappa shape index (κ2) is 5.03. The first-order chi connectivity index (χ1) is 7.64. The highest BCUT2D eigenvalue weighted by molar-refractivity contribution is 4.93. The van der Waals surface area contributed by atoms with Crippen LogP contribution in [-0.4, -0.2) is 48.8 Å². The first-order valence-electron chi connectivity index (χ1n) is 6.75. The minimum atomic E-state index is 0.297. The minimum absolute atomic E-state index is 0.297. The molecule has 0 aromatic carbocycles. The van der Waals surface area contributed by atoms with E-state index in [4.69, 9.17) is 4.74 Å². The molecule has 0 aromatic rings. The summed E-state index contributed by atoms with van der Waals surface area (Å²) in [7, 11) is 0. The maximum absolute atomic E-state index is 5.81. The topological polar surface area (TPSA) is 24.5 Å². The van der Waals surface area contributed by atoms with Gasteiger partial charge in [-0.2, -0.15) is 0 Å². The molecule has 0 aromatic heterocycles. The van der Waals surface area contributed by atoms with Crippen molar-refractivity contribution in [3.63, 3.8) is 0 Å². The number of hydrogen-bond acceptors (Lipinski definition) is 3. The number of ether oxygens (including phenoxy) is 1. The van der Waals surface area contributed by atoms with Gasteiger partial charge in [0, 0.05) is 37.8 Å². The zero-order chi connectivity index (χ0) is 11.6. The maximum Gasteiger partial charge on any atom is 0.0728 e. The highest BCUT2D eigenvalue weighted by Gasteiger charge is 2.34. The zero-order valence-corrected chi connectivity index (χ0v) is 11.0. The van der Waals surface area contributed by atoms with E-state index in [1.807, 2.05) is 0 Å². The quantitative estimate of drug-likeness (QED) is 0.791. The van der Waals surface area contributed by atoms with Crippen LogP contribution in [0.15, 0.2) is 0 Å². The van der Waals surface area contributed by atoms with E-state index in [1.54, 1.807) is 0 Å². The third-order valence-corrected chi connectivity index (χ3v) is 4.36. The molecule has 2 aliphatic rings. The van der Waals surface area contributed by atoms with Crippen molar-refractivity contribution in [3.8, 4) is 0 Å². The number of rotatable bonds is 3. The Bertz CT molecular complexity index is 228. The summed E-state index contributed by atoms with van der Waals surface area (Å²) in [5, 5.41) is 3.64. The van der Waals surface area contributed by atoms with Crippen LogP contribution in [0.25, 0.3) is 0 Å². The molecule has 2 heterocycles. The van der Waals surface area contributed by atoms with E-state index in [2.05, 4.69) is 31.0 Å². The van der Waals surface area contributed by atoms with E-state index < -0.39 is 0 Å². The Labute approximate surface area is 99.5 Å². The standard InChI is InChI=1S/C13H26N2O/c1-4-13(3)10-15(8-7-14-13)11(2)12-6-5-9-16-12/h11-12,14H,4-10H2,1-3H3. The monoisotopic (exact) mass is 226 g/mol. The lowest BCUT2D eigenvalue weighted by atomic mass is 9.94. The van der Waals surface area contributed by atoms with Gasteiger partial charge < -0.3 is 10.1 Å². The van der Waals surface area contributed by atoms with Crippen molar-refractivity contribution in [1.82, 2.24) is 10.2 Å². The molecule has 0 aliphatic carbocycles. The van der Waals surface area contributed by atoms with Gasteiger partial charge >= 0.3 is 0 Å². The van der Waals surface area contributed by atoms with Crippen molar-refractivity contribution in [2.45, 2.75) is 57.7 Å². The van der Waals surface area contributed by atoms with Gasteiger partial charge in [-0.25, -0.2) is 0 Å². The molecule has 2 aliphatic heterocycles. The van der Waals surface area contributed by atoms with E-state index in [1.165, 1.54) is 19.3 Å². The van der Waals surface area contributed by atoms with Gasteiger partial charge in [0.05, 0.1) is 6.10 Å². The predicted octanol–water partition coefficient (Wildman–Crippen LogP) is 1.63. The van der Waals surface area contributed by atoms with Gasteiger partial charge in [-0.3, -0.25) is 4.90 Å². The minimum Gasteiger partial charge on any atom is -0.377 e. The fraction of sp³-hybridized carbons (Fsp3) is 1.00. The molecular weight excluding hydrogens is 200 g/mol. The van der Waals surface area contributed by atoms with Crippen LogP contribution in [0.3, 0.4) is 0 Å². The molecule has 2 fully saturated rings. The lowest BCUT2D eigenvalue weighted by Gasteiger charge is -2.44. The second-order valence-corrected chi connectivity index (χ2v) is 5.60. The lowest BCUT2D eigenvalue weighted by molar-refractivity contribution is 0.00767. The fourth-order valence-corrected chi connectivity index (χ4v) is 2.89. The number of piperazine rings is 1. The van der Waals surface area contributed by atoms with E-state index in [9.17, 15) is 0 Å². The van der Waals surface area contributed by atoms with Gasteiger partial charge in [-0.1, -0.05) is 6.92 Å². The number of nitrogens with zero attached hydrogens (tertiary/aromatic N) is 1. The molecule has 3 nitrogen and oxygen atoms in total. The predicted molar refractivity (Wildman–Crippen MR) is 66.7 cm³/mol. The Morgan fingerprint density at radius 2 is 2.38 bits per heavy atom. The molecule has 0 saturated carbocycles. The molecule has 0 amide bonds. The van der Waals surface area contributed by atoms with Crippen LogP contribution in [0, 0.1) is 0 Å². The van der Waals surface area contributed by atoms with Crippen molar-refractivity contribution in [1.29, 1.82) is 0 Å². The van der Waals surface area contributed by atoms with Crippen LogP contribution >= 0.6 is 0 Å². The number of nitrogens with one attached hydrogen (secondary N) is 1. The van der Waals surface area contributed by atoms with Gasteiger partial charge in [-0.05, 0) is 33.1 Å². The van der Waals surface area contributed by atoms with Crippen molar-refractivity contribution in [2.24, 2.45) is 0 Å². The van der Waals surface area contributed by atoms with Gasteiger partial charge in [0.2, 0.25) is 0 Å². The molecule has 2 saturated heterocycles. The zero-order valence-electron chi connectivity index (χ0n) is 11.0. The first-order valence-corrected chi connectivity index (χ1v) is 6.75. The Kier molecular flexibility index (Phi) is 3.88. The van der Waals surface area contributed by atoms with Crippen LogP contribution in [0.4, 0.5) is 0 Å². The number of hydrogen-bond donors (Lipinski definition) is 1. The average Bonchev–Trinajstić information content (AvgIpc) is 2.82. The van der Waals surface area contributed by atoms with Crippen molar-refractivity contribution in [3.05, 3.63) is 0 Å². The Morgan fingerprint density at radius 3 is 3.00 bits per heavy atom. The van der Waals surface area contributed by atoms with Crippen LogP contribution in [0.2, 0.25) is 0 Å². The summed E-state index contributed by atoms with van der Waals surface area (Å²) in [6, 6.07) is 0.579. The Morgan fingerprint density at radius 1 is 1.56 bits per heavy atom. The summed E-state index contributed by atoms with van der Waals surface area (Å²) < 4.78 is 5.81. The normalized spacial score (nSPS) is 38.8. The highest BCUT2D eigenvalue weighted by atomic mass is 16.5. The van der Waals surface area contributed by atoms with Crippen LogP contribution in [0.5, 0.6) is 0 Å². The summed E-state index contributed by atoms with van der Waals surface area (Å²) in [5.74, 6) is 0. The molecule has 0 radical (unpaired) electrons. The van der Waals surface area contributed by atoms with E-state index in [0.717, 1.165) is 26.2 Å². The molecule has 16 heavy (non-hydrogen) atoms. The highest BCUT2D eigenvalue weighted by Crippen LogP contribution is 2.23. The fourth-order valence-electron chi connectivity index (χ4n) is 2.89. The van der Waals surface area contributed by atoms with E-state index in [-0.39, 0.29) is 0 Å². The molecule has 3 heteroatoms. The molecule has 0 spiro atoms. The van der Waals surface area contributed by atoms with Gasteiger partial charge in [-0.15, -0.1) is 0 Å². The Balaban J connectivity index is 1.92. The first kappa shape index (κ1) is 12.3. The molecule has 1 N–H and O–H groups in total. The Hall–Kier alpha value is -0.120. The average molecular weight is 226 g/mol. The summed E-state index contributed by atoms with van der Waals surface area (Å²) in [6.07, 6.45) is 4.15. The van der Waals surface area contributed by atoms with Crippen LogP contribution < -0.4 is 5.32 Å². The molecular formula is C13H26N2O. The second-order valence-electron chi connectivity index (χ2n) is 5.60. The van der Waals surface area contributed by atoms with Crippen LogP contribution in [-0.2, 0) is 4.74 Å². The van der Waals surface area contributed by atoms with Crippen molar-refractivity contribution < 1.29 is 4.74 Å². The maximum atomic E-state index is 5.81. The smallest absolute Gasteiger partial charge is 0.0728 e. The third kappa shape index (κ3) is 2.58. The molecule has 94 valence electrons. The van der Waals surface area contributed by atoms with Crippen molar-refractivity contribution in [2.75, 3.05) is 26.2 Å². The third-order valence-electron chi connectivity index (χ3n) is 4.36. The van der Waals surface area contributed by atoms with Crippen LogP contribution in [0.1, 0.15) is 40.0 Å². The summed E-state index contributed by atoms with van der Waals surface area (Å²) in [4.78, 5) is 2.61. The largest absolute Gasteiger partial charge is 0.377 e. The SMILES string of the molecule is CCC1(C)CN(C(C)C2CCCO2)CCN1. The van der Waals surface area contributed by atoms with E-state index in [0.29, 0.717) is 17.7 Å².